The van der Waals surface area contributed by atoms with Crippen LogP contribution in [-0.2, 0) is 11.1 Å². The lowest BCUT2D eigenvalue weighted by Gasteiger charge is -2.43. The lowest BCUT2D eigenvalue weighted by molar-refractivity contribution is -0.0437. The third-order valence-electron chi connectivity index (χ3n) is 5.51. The van der Waals surface area contributed by atoms with E-state index in [0.29, 0.717) is 36.5 Å². The van der Waals surface area contributed by atoms with Crippen molar-refractivity contribution in [1.82, 2.24) is 4.90 Å². The molecule has 2 saturated heterocycles. The van der Waals surface area contributed by atoms with Gasteiger partial charge in [0.25, 0.3) is 5.91 Å². The zero-order valence-electron chi connectivity index (χ0n) is 16.3. The van der Waals surface area contributed by atoms with E-state index >= 15 is 0 Å². The van der Waals surface area contributed by atoms with Crippen molar-refractivity contribution in [1.29, 1.82) is 0 Å². The fraction of sp³-hybridized carbons (Fsp3) is 0.350. The molecule has 0 aliphatic carbocycles. The highest BCUT2D eigenvalue weighted by molar-refractivity contribution is 7.81. The second-order valence-electron chi connectivity index (χ2n) is 7.54. The van der Waals surface area contributed by atoms with Crippen molar-refractivity contribution in [2.45, 2.75) is 35.3 Å². The number of carbonyl (C=O) groups excluding carboxylic acids is 1. The molecule has 0 saturated carbocycles. The Labute approximate surface area is 194 Å². The normalized spacial score (nSPS) is 21.6. The number of piperazine rings is 1. The van der Waals surface area contributed by atoms with Gasteiger partial charge in [-0.1, -0.05) is 11.6 Å². The van der Waals surface area contributed by atoms with Gasteiger partial charge in [0, 0.05) is 30.1 Å². The van der Waals surface area contributed by atoms with Gasteiger partial charge in [0.2, 0.25) is 0 Å². The highest BCUT2D eigenvalue weighted by atomic mass is 35.5. The van der Waals surface area contributed by atoms with Gasteiger partial charge in [0.05, 0.1) is 16.3 Å². The Balaban J connectivity index is 1.59. The minimum atomic E-state index is -5.02. The Kier molecular flexibility index (Phi) is 6.34. The third-order valence-corrected chi connectivity index (χ3v) is 6.81. The van der Waals surface area contributed by atoms with Gasteiger partial charge in [0.15, 0.2) is 5.75 Å². The lowest BCUT2D eigenvalue weighted by Crippen LogP contribution is -2.55. The SMILES string of the molecule is O=C(c1ccc(F)cc1Cl)N1CC2CCC(C1)N2c1cc(S)ccc1OS(=O)C(F)(F)F. The van der Waals surface area contributed by atoms with Gasteiger partial charge in [0.1, 0.15) is 5.82 Å². The first kappa shape index (κ1) is 23.2. The van der Waals surface area contributed by atoms with Crippen LogP contribution in [0.5, 0.6) is 5.75 Å². The topological polar surface area (TPSA) is 49.9 Å². The number of rotatable bonds is 4. The molecule has 0 radical (unpaired) electrons. The molecule has 2 aromatic rings. The van der Waals surface area contributed by atoms with E-state index in [4.69, 9.17) is 15.8 Å². The second-order valence-corrected chi connectivity index (χ2v) is 9.56. The van der Waals surface area contributed by atoms with E-state index < -0.39 is 22.4 Å². The Morgan fingerprint density at radius 2 is 1.78 bits per heavy atom. The average Bonchev–Trinajstić information content (AvgIpc) is 2.97. The molecule has 0 aromatic heterocycles. The van der Waals surface area contributed by atoms with Gasteiger partial charge in [-0.2, -0.15) is 13.2 Å². The molecule has 12 heteroatoms. The van der Waals surface area contributed by atoms with E-state index in [-0.39, 0.29) is 34.3 Å². The predicted octanol–water partition coefficient (Wildman–Crippen LogP) is 4.82. The number of carbonyl (C=O) groups is 1. The Morgan fingerprint density at radius 1 is 1.12 bits per heavy atom. The van der Waals surface area contributed by atoms with Crippen LogP contribution in [0.4, 0.5) is 23.2 Å². The van der Waals surface area contributed by atoms with Crippen LogP contribution in [-0.4, -0.2) is 45.7 Å². The van der Waals surface area contributed by atoms with Gasteiger partial charge < -0.3 is 14.0 Å². The maximum atomic E-state index is 13.3. The summed E-state index contributed by atoms with van der Waals surface area (Å²) in [6, 6.07) is 7.48. The highest BCUT2D eigenvalue weighted by Crippen LogP contribution is 2.42. The van der Waals surface area contributed by atoms with Crippen LogP contribution in [0.2, 0.25) is 5.02 Å². The molecule has 2 aromatic carbocycles. The largest absolute Gasteiger partial charge is 0.508 e. The van der Waals surface area contributed by atoms with Gasteiger partial charge in [-0.3, -0.25) is 4.79 Å². The molecule has 0 spiro atoms. The van der Waals surface area contributed by atoms with Gasteiger partial charge >= 0.3 is 16.6 Å². The predicted molar refractivity (Wildman–Crippen MR) is 115 cm³/mol. The van der Waals surface area contributed by atoms with E-state index in [2.05, 4.69) is 12.6 Å². The number of hydrogen-bond acceptors (Lipinski definition) is 5. The number of anilines is 1. The van der Waals surface area contributed by atoms with E-state index in [0.717, 1.165) is 12.1 Å². The number of halogens is 5. The van der Waals surface area contributed by atoms with E-state index in [1.807, 2.05) is 4.90 Å². The number of benzene rings is 2. The van der Waals surface area contributed by atoms with Crippen molar-refractivity contribution < 1.29 is 30.7 Å². The molecular weight excluding hydrogens is 492 g/mol. The first-order valence-corrected chi connectivity index (χ1v) is 11.5. The highest BCUT2D eigenvalue weighted by Gasteiger charge is 2.44. The van der Waals surface area contributed by atoms with E-state index in [1.54, 1.807) is 11.0 Å². The van der Waals surface area contributed by atoms with Crippen molar-refractivity contribution in [3.63, 3.8) is 0 Å². The van der Waals surface area contributed by atoms with Crippen molar-refractivity contribution in [2.75, 3.05) is 18.0 Å². The summed E-state index contributed by atoms with van der Waals surface area (Å²) in [6.07, 6.45) is 1.40. The quantitative estimate of drug-likeness (QED) is 0.475. The summed E-state index contributed by atoms with van der Waals surface area (Å²) in [5.41, 5.74) is -4.49. The van der Waals surface area contributed by atoms with Crippen molar-refractivity contribution in [3.8, 4) is 5.75 Å². The molecular formula is C20H17ClF4N2O3S2. The van der Waals surface area contributed by atoms with Gasteiger partial charge in [-0.05, 0) is 49.2 Å². The molecule has 172 valence electrons. The summed E-state index contributed by atoms with van der Waals surface area (Å²) in [4.78, 5) is 17.0. The van der Waals surface area contributed by atoms with Crippen LogP contribution in [0.3, 0.4) is 0 Å². The monoisotopic (exact) mass is 508 g/mol. The first-order valence-electron chi connectivity index (χ1n) is 9.57. The molecule has 32 heavy (non-hydrogen) atoms. The van der Waals surface area contributed by atoms with Gasteiger partial charge in [-0.15, -0.1) is 12.6 Å². The second kappa shape index (κ2) is 8.75. The molecule has 0 N–H and O–H groups in total. The molecule has 2 aliphatic heterocycles. The summed E-state index contributed by atoms with van der Waals surface area (Å²) in [5.74, 6) is -1.06. The number of alkyl halides is 3. The van der Waals surface area contributed by atoms with E-state index in [9.17, 15) is 26.6 Å². The van der Waals surface area contributed by atoms with Gasteiger partial charge in [-0.25, -0.2) is 8.60 Å². The van der Waals surface area contributed by atoms with Crippen LogP contribution in [0.1, 0.15) is 23.2 Å². The molecule has 5 nitrogen and oxygen atoms in total. The number of fused-ring (bicyclic) bond motifs is 2. The lowest BCUT2D eigenvalue weighted by atomic mass is 10.1. The first-order chi connectivity index (χ1) is 15.0. The summed E-state index contributed by atoms with van der Waals surface area (Å²) in [6.45, 7) is 0.587. The summed E-state index contributed by atoms with van der Waals surface area (Å²) >= 11 is 6.79. The Hall–Kier alpha value is -1.98. The zero-order valence-corrected chi connectivity index (χ0v) is 18.8. The maximum absolute atomic E-state index is 13.3. The third kappa shape index (κ3) is 4.55. The molecule has 2 heterocycles. The minimum absolute atomic E-state index is 0.0119. The zero-order chi connectivity index (χ0) is 23.2. The van der Waals surface area contributed by atoms with E-state index in [1.165, 1.54) is 18.2 Å². The number of thiol groups is 1. The fourth-order valence-electron chi connectivity index (χ4n) is 4.20. The number of hydrogen-bond donors (Lipinski definition) is 1. The van der Waals surface area contributed by atoms with Crippen molar-refractivity contribution >= 4 is 46.9 Å². The molecule has 2 fully saturated rings. The van der Waals surface area contributed by atoms with Crippen LogP contribution >= 0.6 is 24.2 Å². The average molecular weight is 509 g/mol. The molecule has 3 atom stereocenters. The van der Waals surface area contributed by atoms with Crippen LogP contribution < -0.4 is 9.08 Å². The summed E-state index contributed by atoms with van der Waals surface area (Å²) in [7, 11) is 0. The Morgan fingerprint density at radius 3 is 2.38 bits per heavy atom. The molecule has 3 unspecified atom stereocenters. The molecule has 2 aliphatic rings. The van der Waals surface area contributed by atoms with Crippen LogP contribution in [0.25, 0.3) is 0 Å². The molecule has 2 bridgehead atoms. The summed E-state index contributed by atoms with van der Waals surface area (Å²) < 4.78 is 67.9. The molecule has 1 amide bonds. The Bertz CT molecular complexity index is 1070. The van der Waals surface area contributed by atoms with Crippen LogP contribution in [0.15, 0.2) is 41.3 Å². The minimum Gasteiger partial charge on any atom is -0.392 e. The summed E-state index contributed by atoms with van der Waals surface area (Å²) in [5, 5.41) is 0.0119. The number of likely N-dealkylation sites (tertiary alicyclic amines) is 1. The maximum Gasteiger partial charge on any atom is 0.508 e. The molecule has 4 rings (SSSR count). The number of nitrogens with zero attached hydrogens (tertiary/aromatic N) is 2. The number of amides is 1. The smallest absolute Gasteiger partial charge is 0.392 e. The van der Waals surface area contributed by atoms with Crippen LogP contribution in [0, 0.1) is 5.82 Å². The standard InChI is InChI=1S/C20H17ClF4N2O3S2/c21-16-7-11(22)1-5-15(16)19(28)26-9-12-2-3-13(10-26)27(12)17-8-14(31)4-6-18(17)30-32(29)20(23,24)25/h1,4-8,12-13,31H,2-3,9-10H2. The van der Waals surface area contributed by atoms with Crippen molar-refractivity contribution in [3.05, 3.63) is 52.8 Å². The van der Waals surface area contributed by atoms with Crippen molar-refractivity contribution in [2.24, 2.45) is 0 Å². The fourth-order valence-corrected chi connectivity index (χ4v) is 5.05.